The normalized spacial score (nSPS) is 25.5. The van der Waals surface area contributed by atoms with E-state index < -0.39 is 5.67 Å². The van der Waals surface area contributed by atoms with Gasteiger partial charge in [0.15, 0.2) is 0 Å². The minimum atomic E-state index is -1.01. The lowest BCUT2D eigenvalue weighted by atomic mass is 9.78. The van der Waals surface area contributed by atoms with Crippen molar-refractivity contribution in [3.8, 4) is 0 Å². The van der Waals surface area contributed by atoms with Crippen LogP contribution in [0.4, 0.5) is 4.39 Å². The Morgan fingerprint density at radius 1 is 1.03 bits per heavy atom. The average molecular weight is 499 g/mol. The highest BCUT2D eigenvalue weighted by molar-refractivity contribution is 5.32. The van der Waals surface area contributed by atoms with Crippen molar-refractivity contribution in [1.82, 2.24) is 0 Å². The number of aryl methyl sites for hydroxylation is 1. The molecular formula is C35H59F. The molecule has 1 aromatic carbocycles. The summed E-state index contributed by atoms with van der Waals surface area (Å²) in [4.78, 5) is 0. The molecule has 0 radical (unpaired) electrons. The summed E-state index contributed by atoms with van der Waals surface area (Å²) in [6.45, 7) is 23.2. The first kappa shape index (κ1) is 32.7. The van der Waals surface area contributed by atoms with Crippen LogP contribution in [0.2, 0.25) is 0 Å². The van der Waals surface area contributed by atoms with E-state index in [2.05, 4.69) is 40.9 Å². The second-order valence-electron chi connectivity index (χ2n) is 12.1. The third kappa shape index (κ3) is 11.8. The fourth-order valence-corrected chi connectivity index (χ4v) is 5.45. The van der Waals surface area contributed by atoms with Crippen molar-refractivity contribution >= 4 is 0 Å². The van der Waals surface area contributed by atoms with Gasteiger partial charge in [-0.05, 0) is 55.9 Å². The summed E-state index contributed by atoms with van der Waals surface area (Å²) in [5.41, 5.74) is 3.37. The van der Waals surface area contributed by atoms with E-state index in [1.807, 2.05) is 45.0 Å². The molecule has 1 heteroatoms. The standard InChI is InChI=1S/C13H24.C11H13F.C11H22/c1-6-7-8-9-10-12(4)13(5)11(2)3;1-8-4-3-5-10(6-8)11(12)7-9(11)2;1-3-4-8-11-9-6-5-7-10(11)2/h12H,2,5-10H2,1,3-4H3;3-6,9H,7H2,1-2H3;10-11H,3-9H2,1-2H3. The van der Waals surface area contributed by atoms with Crippen molar-refractivity contribution < 1.29 is 4.39 Å². The average Bonchev–Trinajstić information content (AvgIpc) is 3.48. The Balaban J connectivity index is 0.000000271. The predicted octanol–water partition coefficient (Wildman–Crippen LogP) is 11.9. The summed E-state index contributed by atoms with van der Waals surface area (Å²) in [5, 5.41) is 0. The number of alkyl halides is 1. The summed E-state index contributed by atoms with van der Waals surface area (Å²) < 4.78 is 13.8. The van der Waals surface area contributed by atoms with Gasteiger partial charge in [0.2, 0.25) is 0 Å². The van der Waals surface area contributed by atoms with E-state index in [9.17, 15) is 4.39 Å². The number of allylic oxidation sites excluding steroid dienone is 2. The molecule has 0 N–H and O–H groups in total. The highest BCUT2D eigenvalue weighted by atomic mass is 19.1. The van der Waals surface area contributed by atoms with E-state index in [1.165, 1.54) is 82.6 Å². The molecule has 5 unspecified atom stereocenters. The number of unbranched alkanes of at least 4 members (excludes halogenated alkanes) is 4. The minimum Gasteiger partial charge on any atom is -0.238 e. The number of hydrogen-bond donors (Lipinski definition) is 0. The van der Waals surface area contributed by atoms with E-state index in [1.54, 1.807) is 0 Å². The van der Waals surface area contributed by atoms with Gasteiger partial charge in [-0.1, -0.05) is 159 Å². The Labute approximate surface area is 225 Å². The zero-order chi connectivity index (χ0) is 27.1. The lowest BCUT2D eigenvalue weighted by Gasteiger charge is -2.28. The Hall–Kier alpha value is -1.37. The molecule has 5 atom stereocenters. The van der Waals surface area contributed by atoms with E-state index in [4.69, 9.17) is 0 Å². The number of hydrogen-bond acceptors (Lipinski definition) is 0. The molecule has 2 fully saturated rings. The molecule has 0 aliphatic heterocycles. The maximum Gasteiger partial charge on any atom is 0.139 e. The highest BCUT2D eigenvalue weighted by Gasteiger charge is 2.53. The van der Waals surface area contributed by atoms with Crippen molar-refractivity contribution in [1.29, 1.82) is 0 Å². The molecule has 0 aromatic heterocycles. The Kier molecular flexibility index (Phi) is 15.6. The number of rotatable bonds is 11. The quantitative estimate of drug-likeness (QED) is 0.210. The lowest BCUT2D eigenvalue weighted by Crippen LogP contribution is -2.16. The summed E-state index contributed by atoms with van der Waals surface area (Å²) in [6, 6.07) is 7.76. The predicted molar refractivity (Wildman–Crippen MR) is 160 cm³/mol. The molecule has 2 aliphatic carbocycles. The van der Waals surface area contributed by atoms with Crippen LogP contribution in [0.15, 0.2) is 48.6 Å². The summed E-state index contributed by atoms with van der Waals surface area (Å²) in [7, 11) is 0. The van der Waals surface area contributed by atoms with Crippen LogP contribution in [-0.2, 0) is 5.67 Å². The highest BCUT2D eigenvalue weighted by Crippen LogP contribution is 2.55. The third-order valence-electron chi connectivity index (χ3n) is 8.57. The van der Waals surface area contributed by atoms with E-state index in [0.717, 1.165) is 28.5 Å². The van der Waals surface area contributed by atoms with Crippen LogP contribution in [0.3, 0.4) is 0 Å². The maximum absolute atomic E-state index is 13.8. The van der Waals surface area contributed by atoms with Gasteiger partial charge in [-0.15, -0.1) is 0 Å². The molecule has 36 heavy (non-hydrogen) atoms. The van der Waals surface area contributed by atoms with Crippen LogP contribution >= 0.6 is 0 Å². The largest absolute Gasteiger partial charge is 0.238 e. The maximum atomic E-state index is 13.8. The number of halogens is 1. The van der Waals surface area contributed by atoms with Crippen LogP contribution < -0.4 is 0 Å². The molecule has 0 heterocycles. The van der Waals surface area contributed by atoms with Gasteiger partial charge in [-0.2, -0.15) is 0 Å². The smallest absolute Gasteiger partial charge is 0.139 e. The molecule has 1 aromatic rings. The van der Waals surface area contributed by atoms with E-state index in [-0.39, 0.29) is 5.92 Å². The van der Waals surface area contributed by atoms with Gasteiger partial charge in [0.25, 0.3) is 0 Å². The molecule has 2 saturated carbocycles. The topological polar surface area (TPSA) is 0 Å². The molecule has 0 spiro atoms. The first-order valence-corrected chi connectivity index (χ1v) is 15.2. The first-order valence-electron chi connectivity index (χ1n) is 15.2. The van der Waals surface area contributed by atoms with Crippen molar-refractivity contribution in [2.24, 2.45) is 23.7 Å². The summed E-state index contributed by atoms with van der Waals surface area (Å²) in [5.74, 6) is 2.92. The van der Waals surface area contributed by atoms with Crippen LogP contribution in [0.25, 0.3) is 0 Å². The monoisotopic (exact) mass is 498 g/mol. The van der Waals surface area contributed by atoms with Gasteiger partial charge in [-0.3, -0.25) is 0 Å². The molecule has 0 nitrogen and oxygen atoms in total. The number of benzene rings is 1. The van der Waals surface area contributed by atoms with Crippen LogP contribution in [0.1, 0.15) is 136 Å². The minimum absolute atomic E-state index is 0.208. The Bertz CT molecular complexity index is 762. The molecule has 0 bridgehead atoms. The van der Waals surface area contributed by atoms with Crippen molar-refractivity contribution in [2.75, 3.05) is 0 Å². The van der Waals surface area contributed by atoms with Gasteiger partial charge in [0.1, 0.15) is 5.67 Å². The van der Waals surface area contributed by atoms with Crippen molar-refractivity contribution in [2.45, 2.75) is 138 Å². The fraction of sp³-hybridized carbons (Fsp3) is 0.714. The molecule has 206 valence electrons. The van der Waals surface area contributed by atoms with Gasteiger partial charge < -0.3 is 0 Å². The van der Waals surface area contributed by atoms with E-state index >= 15 is 0 Å². The first-order chi connectivity index (χ1) is 17.1. The Morgan fingerprint density at radius 3 is 2.19 bits per heavy atom. The second kappa shape index (κ2) is 17.2. The van der Waals surface area contributed by atoms with Gasteiger partial charge >= 0.3 is 0 Å². The lowest BCUT2D eigenvalue weighted by molar-refractivity contribution is 0.237. The SMILES string of the molecule is C=C(C)C(=C)C(C)CCCCCC.CCCCC1CCCCC1C.Cc1cccc(C2(F)CC2C)c1. The molecule has 0 saturated heterocycles. The van der Waals surface area contributed by atoms with Gasteiger partial charge in [-0.25, -0.2) is 4.39 Å². The second-order valence-corrected chi connectivity index (χ2v) is 12.1. The third-order valence-corrected chi connectivity index (χ3v) is 8.57. The van der Waals surface area contributed by atoms with Crippen molar-refractivity contribution in [3.05, 3.63) is 59.7 Å². The Morgan fingerprint density at radius 2 is 1.67 bits per heavy atom. The summed E-state index contributed by atoms with van der Waals surface area (Å²) in [6.07, 6.45) is 17.7. The zero-order valence-corrected chi connectivity index (χ0v) is 25.1. The van der Waals surface area contributed by atoms with Crippen LogP contribution in [-0.4, -0.2) is 0 Å². The molecule has 2 aliphatic rings. The van der Waals surface area contributed by atoms with Crippen LogP contribution in [0.5, 0.6) is 0 Å². The van der Waals surface area contributed by atoms with Crippen LogP contribution in [0, 0.1) is 30.6 Å². The molecular weight excluding hydrogens is 439 g/mol. The molecule has 0 amide bonds. The molecule has 3 rings (SSSR count). The van der Waals surface area contributed by atoms with Crippen molar-refractivity contribution in [3.63, 3.8) is 0 Å². The summed E-state index contributed by atoms with van der Waals surface area (Å²) >= 11 is 0. The zero-order valence-electron chi connectivity index (χ0n) is 25.1. The fourth-order valence-electron chi connectivity index (χ4n) is 5.45. The van der Waals surface area contributed by atoms with E-state index in [0.29, 0.717) is 12.3 Å². The van der Waals surface area contributed by atoms with Gasteiger partial charge in [0, 0.05) is 0 Å². The van der Waals surface area contributed by atoms with Gasteiger partial charge in [0.05, 0.1) is 0 Å².